The van der Waals surface area contributed by atoms with Crippen LogP contribution in [0, 0.1) is 18.8 Å². The molecule has 0 radical (unpaired) electrons. The number of allylic oxidation sites excluding steroid dienone is 1. The summed E-state index contributed by atoms with van der Waals surface area (Å²) >= 11 is 0. The zero-order valence-corrected chi connectivity index (χ0v) is 44.8. The molecule has 1 aromatic rings. The van der Waals surface area contributed by atoms with Crippen LogP contribution in [-0.4, -0.2) is 108 Å². The Morgan fingerprint density at radius 2 is 1.48 bits per heavy atom. The first kappa shape index (κ1) is 54.4. The number of hydrogen-bond donors (Lipinski definition) is 0. The van der Waals surface area contributed by atoms with Gasteiger partial charge in [0.2, 0.25) is 0 Å². The third-order valence-corrected chi connectivity index (χ3v) is 25.9. The molecular formula is C48H84O11S2Si2. The second-order valence-corrected chi connectivity index (χ2v) is 35.1. The maximum atomic E-state index is 13.9. The van der Waals surface area contributed by atoms with E-state index in [0.29, 0.717) is 69.7 Å². The maximum absolute atomic E-state index is 13.9. The average Bonchev–Trinajstić information content (AvgIpc) is 3.89. The van der Waals surface area contributed by atoms with Crippen LogP contribution in [0.2, 0.25) is 36.3 Å². The first-order chi connectivity index (χ1) is 28.9. The molecule has 3 saturated heterocycles. The summed E-state index contributed by atoms with van der Waals surface area (Å²) in [4.78, 5) is 0.322. The Bertz CT molecular complexity index is 1860. The lowest BCUT2D eigenvalue weighted by molar-refractivity contribution is -0.0588. The summed E-state index contributed by atoms with van der Waals surface area (Å²) in [6.45, 7) is 36.9. The lowest BCUT2D eigenvalue weighted by atomic mass is 9.88. The Kier molecular flexibility index (Phi) is 19.2. The Morgan fingerprint density at radius 3 is 2.06 bits per heavy atom. The van der Waals surface area contributed by atoms with Crippen LogP contribution < -0.4 is 0 Å². The van der Waals surface area contributed by atoms with Crippen LogP contribution in [0.1, 0.15) is 118 Å². The lowest BCUT2D eigenvalue weighted by Crippen LogP contribution is -2.48. The molecule has 3 heterocycles. The Labute approximate surface area is 385 Å². The SMILES string of the molecule is C=C1C[C@H](CCC2OCCO2)O[C@H]1CC[C@H](C[C@H](C)C(=C)CC[C@@H]1O[C@H](C[C@@H](CO[Si](C)(C)C(C)(C)C)O[Si](C)(C)C(C)(C)C)C[C@H]1CS(=O)(=O)c1ccc(C)cc1)OS(C)(=O)=O. The first-order valence-corrected chi connectivity index (χ1v) is 32.6. The Morgan fingerprint density at radius 1 is 0.857 bits per heavy atom. The minimum Gasteiger partial charge on any atom is -0.414 e. The van der Waals surface area contributed by atoms with Crippen molar-refractivity contribution in [2.75, 3.05) is 31.8 Å². The highest BCUT2D eigenvalue weighted by atomic mass is 32.2. The van der Waals surface area contributed by atoms with Gasteiger partial charge < -0.3 is 27.8 Å². The standard InChI is InChI=1S/C48H84O11S2Si2/c1-34-16-21-43(22-17-34)61(51,52)33-38-30-41(31-42(59-63(14,15)48(8,9)10)32-55-62(12,13)47(5,6)7)57-45(38)23-18-35(2)36(3)28-40(58-60(11,49)50)19-24-44-37(4)29-39(56-44)20-25-46-53-26-27-54-46/h16-17,21-22,36,38-42,44-46H,2,4,18-20,23-33H2,1,3,5-15H3/t36-,38-,39-,40+,41-,42-,44-,45-/m0/s1. The van der Waals surface area contributed by atoms with Gasteiger partial charge in [0.05, 0.1) is 73.3 Å². The van der Waals surface area contributed by atoms with Crippen LogP contribution >= 0.6 is 0 Å². The normalized spacial score (nSPS) is 24.8. The van der Waals surface area contributed by atoms with Gasteiger partial charge in [0.1, 0.15) is 0 Å². The van der Waals surface area contributed by atoms with Gasteiger partial charge in [0.25, 0.3) is 10.1 Å². The highest BCUT2D eigenvalue weighted by molar-refractivity contribution is 7.91. The van der Waals surface area contributed by atoms with Crippen LogP contribution in [-0.2, 0) is 51.9 Å². The minimum atomic E-state index is -3.73. The first-order valence-electron chi connectivity index (χ1n) is 23.3. The van der Waals surface area contributed by atoms with Crippen LogP contribution in [0.5, 0.6) is 0 Å². The van der Waals surface area contributed by atoms with Gasteiger partial charge in [-0.2, -0.15) is 8.42 Å². The van der Waals surface area contributed by atoms with Crippen molar-refractivity contribution in [1.82, 2.24) is 0 Å². The van der Waals surface area contributed by atoms with Crippen molar-refractivity contribution in [1.29, 1.82) is 0 Å². The Balaban J connectivity index is 1.45. The van der Waals surface area contributed by atoms with E-state index in [4.69, 9.17) is 32.0 Å². The summed E-state index contributed by atoms with van der Waals surface area (Å²) in [5.74, 6) is -0.317. The molecule has 362 valence electrons. The molecule has 4 rings (SSSR count). The van der Waals surface area contributed by atoms with Crippen molar-refractivity contribution >= 4 is 36.6 Å². The van der Waals surface area contributed by atoms with Gasteiger partial charge in [0.15, 0.2) is 32.8 Å². The molecule has 3 fully saturated rings. The monoisotopic (exact) mass is 956 g/mol. The molecule has 0 aromatic heterocycles. The van der Waals surface area contributed by atoms with Crippen LogP contribution in [0.3, 0.4) is 0 Å². The molecule has 0 unspecified atom stereocenters. The highest BCUT2D eigenvalue weighted by Crippen LogP contribution is 2.42. The predicted octanol–water partition coefficient (Wildman–Crippen LogP) is 10.7. The Hall–Kier alpha value is -1.25. The summed E-state index contributed by atoms with van der Waals surface area (Å²) in [6.07, 6.45) is 5.76. The van der Waals surface area contributed by atoms with Crippen molar-refractivity contribution in [2.45, 2.75) is 204 Å². The van der Waals surface area contributed by atoms with Gasteiger partial charge in [-0.05, 0) is 118 Å². The van der Waals surface area contributed by atoms with E-state index in [-0.39, 0.29) is 64.5 Å². The molecular weight excluding hydrogens is 873 g/mol. The topological polar surface area (TPSA) is 133 Å². The van der Waals surface area contributed by atoms with Crippen LogP contribution in [0.15, 0.2) is 53.5 Å². The molecule has 8 atom stereocenters. The summed E-state index contributed by atoms with van der Waals surface area (Å²) in [5.41, 5.74) is 2.96. The molecule has 0 aliphatic carbocycles. The van der Waals surface area contributed by atoms with Gasteiger partial charge in [0, 0.05) is 18.8 Å². The number of sulfone groups is 1. The predicted molar refractivity (Wildman–Crippen MR) is 258 cm³/mol. The fourth-order valence-corrected chi connectivity index (χ4v) is 13.0. The summed E-state index contributed by atoms with van der Waals surface area (Å²) in [6, 6.07) is 7.07. The van der Waals surface area contributed by atoms with E-state index in [1.165, 1.54) is 0 Å². The summed E-state index contributed by atoms with van der Waals surface area (Å²) in [7, 11) is -11.6. The number of benzene rings is 1. The fourth-order valence-electron chi connectivity index (χ4n) is 8.28. The average molecular weight is 957 g/mol. The quantitative estimate of drug-likeness (QED) is 0.0557. The van der Waals surface area contributed by atoms with Gasteiger partial charge in [-0.3, -0.25) is 4.18 Å². The van der Waals surface area contributed by atoms with E-state index in [1.54, 1.807) is 12.1 Å². The van der Waals surface area contributed by atoms with Crippen molar-refractivity contribution in [3.63, 3.8) is 0 Å². The maximum Gasteiger partial charge on any atom is 0.264 e. The fraction of sp³-hybridized carbons (Fsp3) is 0.792. The highest BCUT2D eigenvalue weighted by Gasteiger charge is 2.44. The summed E-state index contributed by atoms with van der Waals surface area (Å²) < 4.78 is 96.7. The molecule has 0 N–H and O–H groups in total. The van der Waals surface area contributed by atoms with E-state index < -0.39 is 42.7 Å². The van der Waals surface area contributed by atoms with Gasteiger partial charge in [-0.1, -0.05) is 84.9 Å². The smallest absolute Gasteiger partial charge is 0.264 e. The second-order valence-electron chi connectivity index (χ2n) is 21.9. The van der Waals surface area contributed by atoms with Crippen molar-refractivity contribution < 1.29 is 48.8 Å². The van der Waals surface area contributed by atoms with E-state index in [1.807, 2.05) is 19.1 Å². The number of ether oxygens (including phenoxy) is 4. The molecule has 11 nitrogen and oxygen atoms in total. The number of hydrogen-bond acceptors (Lipinski definition) is 11. The molecule has 63 heavy (non-hydrogen) atoms. The van der Waals surface area contributed by atoms with Crippen molar-refractivity contribution in [2.24, 2.45) is 11.8 Å². The second kappa shape index (κ2) is 22.2. The number of aryl methyl sites for hydroxylation is 1. The molecule has 0 saturated carbocycles. The molecule has 0 amide bonds. The van der Waals surface area contributed by atoms with Gasteiger partial charge in [-0.15, -0.1) is 0 Å². The largest absolute Gasteiger partial charge is 0.414 e. The van der Waals surface area contributed by atoms with E-state index >= 15 is 0 Å². The molecule has 0 bridgehead atoms. The zero-order chi connectivity index (χ0) is 47.2. The van der Waals surface area contributed by atoms with Gasteiger partial charge >= 0.3 is 0 Å². The van der Waals surface area contributed by atoms with E-state index in [0.717, 1.165) is 42.2 Å². The molecule has 15 heteroatoms. The molecule has 1 aromatic carbocycles. The third-order valence-electron chi connectivity index (χ3n) is 14.3. The van der Waals surface area contributed by atoms with Crippen LogP contribution in [0.4, 0.5) is 0 Å². The minimum absolute atomic E-state index is 0.00310. The van der Waals surface area contributed by atoms with Crippen molar-refractivity contribution in [3.05, 3.63) is 54.1 Å². The lowest BCUT2D eigenvalue weighted by Gasteiger charge is -2.42. The molecule has 3 aliphatic heterocycles. The third kappa shape index (κ3) is 16.8. The summed E-state index contributed by atoms with van der Waals surface area (Å²) in [5, 5.41) is 0.0379. The van der Waals surface area contributed by atoms with Crippen molar-refractivity contribution in [3.8, 4) is 0 Å². The van der Waals surface area contributed by atoms with Gasteiger partial charge in [-0.25, -0.2) is 8.42 Å². The molecule has 3 aliphatic rings. The van der Waals surface area contributed by atoms with E-state index in [9.17, 15) is 16.8 Å². The zero-order valence-electron chi connectivity index (χ0n) is 41.1. The molecule has 0 spiro atoms. The van der Waals surface area contributed by atoms with Crippen LogP contribution in [0.25, 0.3) is 0 Å². The van der Waals surface area contributed by atoms with E-state index in [2.05, 4.69) is 87.8 Å². The number of rotatable bonds is 24.